The van der Waals surface area contributed by atoms with Gasteiger partial charge in [-0.25, -0.2) is 14.5 Å². The molecule has 1 aliphatic carbocycles. The molecule has 0 amide bonds. The van der Waals surface area contributed by atoms with Gasteiger partial charge in [-0.15, -0.1) is 0 Å². The Morgan fingerprint density at radius 2 is 2.08 bits per heavy atom. The minimum Gasteiger partial charge on any atom is -0.334 e. The van der Waals surface area contributed by atoms with Gasteiger partial charge in [0.2, 0.25) is 0 Å². The summed E-state index contributed by atoms with van der Waals surface area (Å²) in [5.74, 6) is 0.698. The Labute approximate surface area is 140 Å². The second kappa shape index (κ2) is 5.43. The number of nitrogens with zero attached hydrogens (tertiary/aromatic N) is 6. The molecule has 0 spiro atoms. The summed E-state index contributed by atoms with van der Waals surface area (Å²) in [5.41, 5.74) is 4.19. The van der Waals surface area contributed by atoms with Gasteiger partial charge in [-0.1, -0.05) is 19.9 Å². The number of fused-ring (bicyclic) bond motifs is 1. The Balaban J connectivity index is 1.74. The monoisotopic (exact) mass is 323 g/mol. The van der Waals surface area contributed by atoms with Gasteiger partial charge in [0, 0.05) is 13.2 Å². The molecular formula is C17H21N7. The predicted octanol–water partition coefficient (Wildman–Crippen LogP) is 3.19. The molecule has 4 rings (SSSR count). The molecule has 1 aliphatic rings. The molecule has 0 bridgehead atoms. The predicted molar refractivity (Wildman–Crippen MR) is 92.9 cm³/mol. The average Bonchev–Trinajstić information content (AvgIpc) is 3.16. The lowest BCUT2D eigenvalue weighted by atomic mass is 9.78. The number of hydrogen-bond acceptors (Lipinski definition) is 5. The highest BCUT2D eigenvalue weighted by Crippen LogP contribution is 2.37. The number of aromatic nitrogens is 6. The van der Waals surface area contributed by atoms with E-state index < -0.39 is 0 Å². The first kappa shape index (κ1) is 14.9. The summed E-state index contributed by atoms with van der Waals surface area (Å²) in [6.45, 7) is 4.62. The van der Waals surface area contributed by atoms with E-state index in [-0.39, 0.29) is 0 Å². The Morgan fingerprint density at radius 1 is 1.21 bits per heavy atom. The van der Waals surface area contributed by atoms with Crippen molar-refractivity contribution in [1.82, 2.24) is 29.4 Å². The molecule has 7 heteroatoms. The first-order valence-corrected chi connectivity index (χ1v) is 8.16. The van der Waals surface area contributed by atoms with Crippen molar-refractivity contribution in [3.05, 3.63) is 36.7 Å². The summed E-state index contributed by atoms with van der Waals surface area (Å²) in [4.78, 5) is 9.12. The molecule has 124 valence electrons. The second-order valence-corrected chi connectivity index (χ2v) is 7.13. The largest absolute Gasteiger partial charge is 0.334 e. The number of anilines is 2. The van der Waals surface area contributed by atoms with Gasteiger partial charge in [-0.2, -0.15) is 10.2 Å². The van der Waals surface area contributed by atoms with E-state index in [2.05, 4.69) is 40.4 Å². The molecule has 0 fully saturated rings. The van der Waals surface area contributed by atoms with Crippen LogP contribution >= 0.6 is 0 Å². The molecule has 3 aromatic heterocycles. The summed E-state index contributed by atoms with van der Waals surface area (Å²) >= 11 is 0. The van der Waals surface area contributed by atoms with Crippen LogP contribution in [0.15, 0.2) is 31.0 Å². The Morgan fingerprint density at radius 3 is 2.79 bits per heavy atom. The topological polar surface area (TPSA) is 72.9 Å². The van der Waals surface area contributed by atoms with Crippen LogP contribution in [0.1, 0.15) is 38.8 Å². The maximum absolute atomic E-state index is 4.81. The summed E-state index contributed by atoms with van der Waals surface area (Å²) in [7, 11) is 1.89. The maximum Gasteiger partial charge on any atom is 0.198 e. The molecule has 24 heavy (non-hydrogen) atoms. The van der Waals surface area contributed by atoms with Crippen LogP contribution in [0.4, 0.5) is 11.5 Å². The summed E-state index contributed by atoms with van der Waals surface area (Å²) in [6.07, 6.45) is 12.8. The third-order valence-electron chi connectivity index (χ3n) is 4.53. The number of hydrogen-bond donors (Lipinski definition) is 1. The van der Waals surface area contributed by atoms with Gasteiger partial charge < -0.3 is 5.32 Å². The molecule has 0 unspecified atom stereocenters. The first-order chi connectivity index (χ1) is 11.5. The van der Waals surface area contributed by atoms with Crippen LogP contribution in [-0.2, 0) is 7.05 Å². The van der Waals surface area contributed by atoms with Crippen molar-refractivity contribution >= 4 is 22.7 Å². The molecule has 7 nitrogen and oxygen atoms in total. The van der Waals surface area contributed by atoms with Crippen molar-refractivity contribution < 1.29 is 0 Å². The van der Waals surface area contributed by atoms with Crippen LogP contribution in [0.3, 0.4) is 0 Å². The highest BCUT2D eigenvalue weighted by atomic mass is 15.3. The van der Waals surface area contributed by atoms with Crippen LogP contribution in [0, 0.1) is 5.41 Å². The summed E-state index contributed by atoms with van der Waals surface area (Å²) < 4.78 is 3.53. The third-order valence-corrected chi connectivity index (χ3v) is 4.53. The fourth-order valence-corrected chi connectivity index (χ4v) is 3.00. The minimum absolute atomic E-state index is 0.373. The SMILES string of the molecule is Cn1cc(Nc2nc(C3=CCC(C)(C)CC3)cn3ncnc23)cn1. The zero-order chi connectivity index (χ0) is 16.7. The highest BCUT2D eigenvalue weighted by Gasteiger charge is 2.23. The van der Waals surface area contributed by atoms with Crippen LogP contribution in [0.2, 0.25) is 0 Å². The van der Waals surface area contributed by atoms with Crippen LogP contribution < -0.4 is 5.32 Å². The van der Waals surface area contributed by atoms with Crippen molar-refractivity contribution in [2.75, 3.05) is 5.32 Å². The van der Waals surface area contributed by atoms with E-state index in [1.165, 1.54) is 12.0 Å². The zero-order valence-electron chi connectivity index (χ0n) is 14.2. The van der Waals surface area contributed by atoms with Crippen molar-refractivity contribution in [3.63, 3.8) is 0 Å². The number of rotatable bonds is 3. The molecule has 1 N–H and O–H groups in total. The van der Waals surface area contributed by atoms with E-state index in [1.54, 1.807) is 21.7 Å². The van der Waals surface area contributed by atoms with E-state index in [9.17, 15) is 0 Å². The Kier molecular flexibility index (Phi) is 3.37. The zero-order valence-corrected chi connectivity index (χ0v) is 14.2. The van der Waals surface area contributed by atoms with Crippen LogP contribution in [-0.4, -0.2) is 29.4 Å². The van der Waals surface area contributed by atoms with Gasteiger partial charge in [-0.3, -0.25) is 4.68 Å². The molecule has 3 heterocycles. The van der Waals surface area contributed by atoms with Crippen molar-refractivity contribution in [2.24, 2.45) is 12.5 Å². The van der Waals surface area contributed by atoms with E-state index in [4.69, 9.17) is 4.98 Å². The molecule has 0 radical (unpaired) electrons. The number of allylic oxidation sites excluding steroid dienone is 2. The lowest BCUT2D eigenvalue weighted by Crippen LogP contribution is -2.15. The minimum atomic E-state index is 0.373. The lowest BCUT2D eigenvalue weighted by molar-refractivity contribution is 0.334. The third kappa shape index (κ3) is 2.77. The molecule has 0 atom stereocenters. The van der Waals surface area contributed by atoms with Gasteiger partial charge in [0.15, 0.2) is 11.5 Å². The standard InChI is InChI=1S/C17H21N7/c1-17(2)6-4-12(5-7-17)14-10-24-16(18-11-20-24)15(22-14)21-13-8-19-23(3)9-13/h4,8-11H,5-7H2,1-3H3,(H,21,22). The van der Waals surface area contributed by atoms with E-state index in [0.717, 1.165) is 24.2 Å². The molecule has 0 saturated carbocycles. The van der Waals surface area contributed by atoms with Gasteiger partial charge >= 0.3 is 0 Å². The molecule has 3 aromatic rings. The van der Waals surface area contributed by atoms with Crippen molar-refractivity contribution in [2.45, 2.75) is 33.1 Å². The number of nitrogens with one attached hydrogen (secondary N) is 1. The van der Waals surface area contributed by atoms with E-state index in [0.29, 0.717) is 16.9 Å². The first-order valence-electron chi connectivity index (χ1n) is 8.16. The number of aryl methyl sites for hydroxylation is 1. The Bertz CT molecular complexity index is 916. The fraction of sp³-hybridized carbons (Fsp3) is 0.412. The van der Waals surface area contributed by atoms with E-state index in [1.807, 2.05) is 19.4 Å². The second-order valence-electron chi connectivity index (χ2n) is 7.13. The maximum atomic E-state index is 4.81. The molecule has 0 saturated heterocycles. The average molecular weight is 323 g/mol. The van der Waals surface area contributed by atoms with Crippen LogP contribution in [0.25, 0.3) is 11.2 Å². The van der Waals surface area contributed by atoms with Crippen molar-refractivity contribution in [1.29, 1.82) is 0 Å². The quantitative estimate of drug-likeness (QED) is 0.801. The van der Waals surface area contributed by atoms with Gasteiger partial charge in [0.25, 0.3) is 0 Å². The van der Waals surface area contributed by atoms with Crippen molar-refractivity contribution in [3.8, 4) is 0 Å². The highest BCUT2D eigenvalue weighted by molar-refractivity contribution is 5.72. The fourth-order valence-electron chi connectivity index (χ4n) is 3.00. The molecular weight excluding hydrogens is 302 g/mol. The smallest absolute Gasteiger partial charge is 0.198 e. The van der Waals surface area contributed by atoms with Gasteiger partial charge in [-0.05, 0) is 30.3 Å². The lowest BCUT2D eigenvalue weighted by Gasteiger charge is -2.28. The van der Waals surface area contributed by atoms with E-state index >= 15 is 0 Å². The normalized spacial score (nSPS) is 17.0. The molecule has 0 aliphatic heterocycles. The van der Waals surface area contributed by atoms with Gasteiger partial charge in [0.1, 0.15) is 6.33 Å². The summed E-state index contributed by atoms with van der Waals surface area (Å²) in [6, 6.07) is 0. The van der Waals surface area contributed by atoms with Crippen LogP contribution in [0.5, 0.6) is 0 Å². The Hall–Kier alpha value is -2.70. The van der Waals surface area contributed by atoms with Gasteiger partial charge in [0.05, 0.1) is 23.8 Å². The molecule has 0 aromatic carbocycles. The summed E-state index contributed by atoms with van der Waals surface area (Å²) in [5, 5.41) is 11.8.